The van der Waals surface area contributed by atoms with Crippen molar-refractivity contribution >= 4 is 34.9 Å². The van der Waals surface area contributed by atoms with E-state index in [1.54, 1.807) is 31.3 Å². The number of carbonyl (C=O) groups is 1. The number of pyridine rings is 1. The summed E-state index contributed by atoms with van der Waals surface area (Å²) in [5.41, 5.74) is 8.50. The molecule has 2 aromatic carbocycles. The molecule has 196 valence electrons. The van der Waals surface area contributed by atoms with Gasteiger partial charge in [0, 0.05) is 47.5 Å². The zero-order valence-electron chi connectivity index (χ0n) is 20.5. The van der Waals surface area contributed by atoms with E-state index in [4.69, 9.17) is 38.4 Å². The molecule has 1 atom stereocenters. The van der Waals surface area contributed by atoms with Gasteiger partial charge in [-0.2, -0.15) is 0 Å². The van der Waals surface area contributed by atoms with Crippen LogP contribution in [0.5, 0.6) is 5.75 Å². The molecule has 1 saturated heterocycles. The highest BCUT2D eigenvalue weighted by Gasteiger charge is 2.20. The molecule has 37 heavy (non-hydrogen) atoms. The van der Waals surface area contributed by atoms with Crippen LogP contribution in [-0.4, -0.2) is 55.2 Å². The van der Waals surface area contributed by atoms with Gasteiger partial charge in [0.2, 0.25) is 0 Å². The number of ether oxygens (including phenoxy) is 2. The monoisotopic (exact) mass is 546 g/mol. The summed E-state index contributed by atoms with van der Waals surface area (Å²) in [6.45, 7) is 6.66. The van der Waals surface area contributed by atoms with Crippen molar-refractivity contribution in [3.63, 3.8) is 0 Å². The van der Waals surface area contributed by atoms with Crippen molar-refractivity contribution in [2.75, 3.05) is 45.1 Å². The molecule has 1 aromatic heterocycles. The van der Waals surface area contributed by atoms with E-state index in [1.807, 2.05) is 12.1 Å². The van der Waals surface area contributed by atoms with Gasteiger partial charge in [-0.1, -0.05) is 35.3 Å². The fourth-order valence-corrected chi connectivity index (χ4v) is 4.80. The molecule has 3 aromatic rings. The average molecular weight is 547 g/mol. The minimum absolute atomic E-state index is 0.0994. The molecule has 0 saturated carbocycles. The highest BCUT2D eigenvalue weighted by Crippen LogP contribution is 2.37. The first-order valence-corrected chi connectivity index (χ1v) is 12.8. The summed E-state index contributed by atoms with van der Waals surface area (Å²) in [6, 6.07) is 11.6. The van der Waals surface area contributed by atoms with Gasteiger partial charge < -0.3 is 20.5 Å². The molecular formula is C27H29Cl2FN4O3. The maximum atomic E-state index is 14.0. The third kappa shape index (κ3) is 6.90. The molecule has 1 aliphatic rings. The molecule has 3 N–H and O–H groups in total. The third-order valence-corrected chi connectivity index (χ3v) is 6.91. The molecule has 0 radical (unpaired) electrons. The molecule has 0 bridgehead atoms. The van der Waals surface area contributed by atoms with Crippen LogP contribution >= 0.6 is 23.2 Å². The van der Waals surface area contributed by atoms with Crippen LogP contribution in [0.15, 0.2) is 48.7 Å². The fourth-order valence-electron chi connectivity index (χ4n) is 4.12. The lowest BCUT2D eigenvalue weighted by Gasteiger charge is -2.26. The number of nitrogens with zero attached hydrogens (tertiary/aromatic N) is 2. The molecule has 10 heteroatoms. The quantitative estimate of drug-likeness (QED) is 0.277. The molecule has 0 aliphatic carbocycles. The first-order valence-electron chi connectivity index (χ1n) is 12.1. The Morgan fingerprint density at radius 3 is 2.65 bits per heavy atom. The number of carbonyl (C=O) groups excluding carboxylic acids is 1. The SMILES string of the molecule is CC(Oc1cc(-c2ccc(C(=O)NCCCN3CCOCC3)cc2)cnc1N)c1c(Cl)ccc(F)c1Cl. The van der Waals surface area contributed by atoms with Gasteiger partial charge in [-0.25, -0.2) is 9.37 Å². The van der Waals surface area contributed by atoms with E-state index in [0.717, 1.165) is 50.4 Å². The van der Waals surface area contributed by atoms with Crippen LogP contribution in [0.3, 0.4) is 0 Å². The molecule has 1 aliphatic heterocycles. The molecule has 7 nitrogen and oxygen atoms in total. The molecule has 1 unspecified atom stereocenters. The van der Waals surface area contributed by atoms with Gasteiger partial charge in [0.15, 0.2) is 11.6 Å². The van der Waals surface area contributed by atoms with Crippen molar-refractivity contribution in [3.8, 4) is 16.9 Å². The number of hydrogen-bond donors (Lipinski definition) is 2. The fraction of sp³-hybridized carbons (Fsp3) is 0.333. The third-order valence-electron chi connectivity index (χ3n) is 6.19. The van der Waals surface area contributed by atoms with Crippen molar-refractivity contribution in [1.29, 1.82) is 0 Å². The standard InChI is InChI=1S/C27H29Cl2FN4O3/c1-17(24-21(28)7-8-22(30)25(24)29)37-23-15-20(16-33-26(23)31)18-3-5-19(6-4-18)27(35)32-9-2-10-34-11-13-36-14-12-34/h3-8,15-17H,2,9-14H2,1H3,(H2,31,33)(H,32,35). The van der Waals surface area contributed by atoms with Crippen LogP contribution in [0, 0.1) is 5.82 Å². The number of halogens is 3. The molecule has 0 spiro atoms. The zero-order valence-corrected chi connectivity index (χ0v) is 22.0. The first kappa shape index (κ1) is 27.1. The summed E-state index contributed by atoms with van der Waals surface area (Å²) in [7, 11) is 0. The van der Waals surface area contributed by atoms with E-state index >= 15 is 0 Å². The van der Waals surface area contributed by atoms with Crippen molar-refractivity contribution < 1.29 is 18.7 Å². The van der Waals surface area contributed by atoms with E-state index < -0.39 is 11.9 Å². The molecule has 1 fully saturated rings. The molecule has 1 amide bonds. The lowest BCUT2D eigenvalue weighted by molar-refractivity contribution is 0.0374. The van der Waals surface area contributed by atoms with Gasteiger partial charge in [0.05, 0.1) is 18.2 Å². The second-order valence-electron chi connectivity index (χ2n) is 8.77. The summed E-state index contributed by atoms with van der Waals surface area (Å²) in [5, 5.41) is 3.16. The number of rotatable bonds is 9. The average Bonchev–Trinajstić information content (AvgIpc) is 2.91. The smallest absolute Gasteiger partial charge is 0.251 e. The van der Waals surface area contributed by atoms with Gasteiger partial charge in [-0.3, -0.25) is 9.69 Å². The Kier molecular flexibility index (Phi) is 9.21. The highest BCUT2D eigenvalue weighted by atomic mass is 35.5. The number of anilines is 1. The van der Waals surface area contributed by atoms with Crippen LogP contribution in [0.1, 0.15) is 35.4 Å². The summed E-state index contributed by atoms with van der Waals surface area (Å²) in [4.78, 5) is 19.1. The lowest BCUT2D eigenvalue weighted by Crippen LogP contribution is -2.38. The van der Waals surface area contributed by atoms with Gasteiger partial charge in [0.1, 0.15) is 11.9 Å². The maximum absolute atomic E-state index is 14.0. The van der Waals surface area contributed by atoms with Crippen LogP contribution in [0.2, 0.25) is 10.0 Å². The minimum Gasteiger partial charge on any atom is -0.482 e. The van der Waals surface area contributed by atoms with Gasteiger partial charge in [0.25, 0.3) is 5.91 Å². The second kappa shape index (κ2) is 12.6. The number of nitrogens with two attached hydrogens (primary N) is 1. The Balaban J connectivity index is 1.38. The molecule has 2 heterocycles. The van der Waals surface area contributed by atoms with Crippen molar-refractivity contribution in [1.82, 2.24) is 15.2 Å². The van der Waals surface area contributed by atoms with Crippen LogP contribution in [0.4, 0.5) is 10.2 Å². The van der Waals surface area contributed by atoms with E-state index in [-0.39, 0.29) is 21.8 Å². The minimum atomic E-state index is -0.677. The summed E-state index contributed by atoms with van der Waals surface area (Å²) in [5.74, 6) is -0.223. The summed E-state index contributed by atoms with van der Waals surface area (Å²) >= 11 is 12.3. The Hall–Kier alpha value is -2.91. The van der Waals surface area contributed by atoms with Crippen molar-refractivity contribution in [3.05, 3.63) is 75.7 Å². The van der Waals surface area contributed by atoms with Crippen LogP contribution < -0.4 is 15.8 Å². The van der Waals surface area contributed by atoms with E-state index in [0.29, 0.717) is 23.4 Å². The highest BCUT2D eigenvalue weighted by molar-refractivity contribution is 6.36. The van der Waals surface area contributed by atoms with Gasteiger partial charge in [-0.05, 0) is 55.8 Å². The van der Waals surface area contributed by atoms with Crippen LogP contribution in [0.25, 0.3) is 11.1 Å². The second-order valence-corrected chi connectivity index (χ2v) is 9.55. The number of aromatic nitrogens is 1. The number of nitrogens with one attached hydrogen (secondary N) is 1. The van der Waals surface area contributed by atoms with Gasteiger partial charge >= 0.3 is 0 Å². The largest absolute Gasteiger partial charge is 0.482 e. The number of hydrogen-bond acceptors (Lipinski definition) is 6. The lowest BCUT2D eigenvalue weighted by atomic mass is 10.0. The van der Waals surface area contributed by atoms with Crippen LogP contribution in [-0.2, 0) is 4.74 Å². The van der Waals surface area contributed by atoms with E-state index in [9.17, 15) is 9.18 Å². The molecular weight excluding hydrogens is 518 g/mol. The Labute approximate surface area is 225 Å². The van der Waals surface area contributed by atoms with E-state index in [2.05, 4.69) is 15.2 Å². The van der Waals surface area contributed by atoms with Crippen molar-refractivity contribution in [2.24, 2.45) is 0 Å². The Bertz CT molecular complexity index is 1240. The van der Waals surface area contributed by atoms with E-state index in [1.165, 1.54) is 12.1 Å². The Morgan fingerprint density at radius 2 is 1.92 bits per heavy atom. The number of morpholine rings is 1. The maximum Gasteiger partial charge on any atom is 0.251 e. The van der Waals surface area contributed by atoms with Gasteiger partial charge in [-0.15, -0.1) is 0 Å². The number of amides is 1. The van der Waals surface area contributed by atoms with Crippen molar-refractivity contribution in [2.45, 2.75) is 19.4 Å². The normalized spacial score (nSPS) is 14.8. The first-order chi connectivity index (χ1) is 17.8. The number of nitrogen functional groups attached to an aromatic ring is 1. The summed E-state index contributed by atoms with van der Waals surface area (Å²) in [6.07, 6.45) is 1.83. The number of benzene rings is 2. The zero-order chi connectivity index (χ0) is 26.4. The topological polar surface area (TPSA) is 89.7 Å². The predicted molar refractivity (Wildman–Crippen MR) is 144 cm³/mol. The summed E-state index contributed by atoms with van der Waals surface area (Å²) < 4.78 is 25.3. The Morgan fingerprint density at radius 1 is 1.19 bits per heavy atom. The predicted octanol–water partition coefficient (Wildman–Crippen LogP) is 5.37. The molecule has 4 rings (SSSR count).